The van der Waals surface area contributed by atoms with E-state index >= 15 is 0 Å². The molecule has 2 aliphatic rings. The number of halogens is 1. The van der Waals surface area contributed by atoms with Gasteiger partial charge in [0.2, 0.25) is 12.5 Å². The van der Waals surface area contributed by atoms with Crippen LogP contribution >= 0.6 is 15.9 Å². The van der Waals surface area contributed by atoms with E-state index in [4.69, 9.17) is 28.4 Å². The van der Waals surface area contributed by atoms with Crippen molar-refractivity contribution >= 4 is 21.9 Å². The minimum absolute atomic E-state index is 0.0438. The van der Waals surface area contributed by atoms with Crippen molar-refractivity contribution in [2.75, 3.05) is 34.7 Å². The smallest absolute Gasteiger partial charge is 0.310 e. The Labute approximate surface area is 240 Å². The maximum Gasteiger partial charge on any atom is 0.310 e. The van der Waals surface area contributed by atoms with Gasteiger partial charge in [-0.3, -0.25) is 4.79 Å². The van der Waals surface area contributed by atoms with Crippen LogP contribution in [-0.4, -0.2) is 50.9 Å². The third kappa shape index (κ3) is 5.07. The van der Waals surface area contributed by atoms with Crippen molar-refractivity contribution in [3.8, 4) is 28.7 Å². The van der Waals surface area contributed by atoms with Crippen LogP contribution in [0.25, 0.3) is 0 Å². The Morgan fingerprint density at radius 2 is 1.52 bits per heavy atom. The molecule has 5 rings (SSSR count). The van der Waals surface area contributed by atoms with E-state index in [1.165, 1.54) is 21.3 Å². The summed E-state index contributed by atoms with van der Waals surface area (Å²) in [5.41, 5.74) is 3.77. The summed E-state index contributed by atoms with van der Waals surface area (Å²) >= 11 is 3.43. The summed E-state index contributed by atoms with van der Waals surface area (Å²) in [6.07, 6.45) is -1.15. The number of ether oxygens (including phenoxy) is 6. The van der Waals surface area contributed by atoms with Crippen LogP contribution in [-0.2, 0) is 21.5 Å². The molecule has 1 heterocycles. The summed E-state index contributed by atoms with van der Waals surface area (Å²) in [6, 6.07) is 14.7. The van der Waals surface area contributed by atoms with Gasteiger partial charge in [-0.15, -0.1) is 0 Å². The lowest BCUT2D eigenvalue weighted by atomic mass is 9.65. The molecule has 1 aliphatic carbocycles. The zero-order valence-corrected chi connectivity index (χ0v) is 24.0. The van der Waals surface area contributed by atoms with Gasteiger partial charge in [-0.2, -0.15) is 0 Å². The fraction of sp³-hybridized carbons (Fsp3) is 0.367. The number of benzene rings is 3. The first-order valence-corrected chi connectivity index (χ1v) is 13.9. The minimum atomic E-state index is -1.15. The quantitative estimate of drug-likeness (QED) is 0.266. The van der Waals surface area contributed by atoms with Crippen LogP contribution in [0.2, 0.25) is 0 Å². The van der Waals surface area contributed by atoms with Crippen LogP contribution in [0.15, 0.2) is 48.5 Å². The molecule has 0 amide bonds. The summed E-state index contributed by atoms with van der Waals surface area (Å²) in [7, 11) is 4.54. The number of alkyl halides is 1. The SMILES string of the molecule is COc1cc([C@@H]2c3cc4c(cc3[C@H](O)[C@@H](CO)[C@H]2C(=O)OCc2ccc(CBr)cc2)OCO4)cc(OC)c1OC. The Morgan fingerprint density at radius 1 is 0.925 bits per heavy atom. The average molecular weight is 615 g/mol. The molecule has 40 heavy (non-hydrogen) atoms. The van der Waals surface area contributed by atoms with E-state index in [-0.39, 0.29) is 13.4 Å². The van der Waals surface area contributed by atoms with Gasteiger partial charge in [0.15, 0.2) is 23.0 Å². The molecule has 2 N–H and O–H groups in total. The summed E-state index contributed by atoms with van der Waals surface area (Å²) < 4.78 is 33.7. The van der Waals surface area contributed by atoms with Gasteiger partial charge in [0.05, 0.1) is 33.4 Å². The van der Waals surface area contributed by atoms with Gasteiger partial charge in [-0.25, -0.2) is 0 Å². The summed E-state index contributed by atoms with van der Waals surface area (Å²) in [4.78, 5) is 13.9. The predicted molar refractivity (Wildman–Crippen MR) is 148 cm³/mol. The molecule has 0 bridgehead atoms. The first-order valence-electron chi connectivity index (χ1n) is 12.8. The summed E-state index contributed by atoms with van der Waals surface area (Å²) in [5.74, 6) is -0.796. The van der Waals surface area contributed by atoms with Crippen molar-refractivity contribution in [2.24, 2.45) is 11.8 Å². The molecule has 212 valence electrons. The maximum absolute atomic E-state index is 13.9. The molecule has 0 radical (unpaired) electrons. The number of hydrogen-bond donors (Lipinski definition) is 2. The van der Waals surface area contributed by atoms with Crippen LogP contribution in [0.1, 0.15) is 39.8 Å². The molecular weight excluding hydrogens is 584 g/mol. The zero-order valence-electron chi connectivity index (χ0n) is 22.4. The Morgan fingerprint density at radius 3 is 2.08 bits per heavy atom. The Bertz CT molecular complexity index is 1350. The second kappa shape index (κ2) is 12.0. The fourth-order valence-electron chi connectivity index (χ4n) is 5.53. The van der Waals surface area contributed by atoms with E-state index in [0.717, 1.165) is 16.5 Å². The second-order valence-electron chi connectivity index (χ2n) is 9.65. The van der Waals surface area contributed by atoms with Crippen molar-refractivity contribution in [1.29, 1.82) is 0 Å². The average Bonchev–Trinajstić information content (AvgIpc) is 3.46. The van der Waals surface area contributed by atoms with Crippen molar-refractivity contribution in [2.45, 2.75) is 24.0 Å². The number of methoxy groups -OCH3 is 3. The lowest BCUT2D eigenvalue weighted by Crippen LogP contribution is -2.41. The number of carbonyl (C=O) groups excluding carboxylic acids is 1. The Balaban J connectivity index is 1.62. The van der Waals surface area contributed by atoms with E-state index in [9.17, 15) is 15.0 Å². The van der Waals surface area contributed by atoms with Gasteiger partial charge in [0.1, 0.15) is 6.61 Å². The molecule has 0 unspecified atom stereocenters. The van der Waals surface area contributed by atoms with Crippen molar-refractivity contribution in [3.05, 3.63) is 76.3 Å². The zero-order chi connectivity index (χ0) is 28.4. The highest BCUT2D eigenvalue weighted by Gasteiger charge is 2.48. The summed E-state index contributed by atoms with van der Waals surface area (Å²) in [5, 5.41) is 22.6. The monoisotopic (exact) mass is 614 g/mol. The van der Waals surface area contributed by atoms with Gasteiger partial charge in [-0.05, 0) is 52.1 Å². The van der Waals surface area contributed by atoms with Crippen LogP contribution in [0, 0.1) is 11.8 Å². The largest absolute Gasteiger partial charge is 0.493 e. The molecule has 3 aromatic rings. The van der Waals surface area contributed by atoms with E-state index in [1.807, 2.05) is 24.3 Å². The van der Waals surface area contributed by atoms with Crippen molar-refractivity contribution < 1.29 is 43.4 Å². The van der Waals surface area contributed by atoms with Crippen molar-refractivity contribution in [3.63, 3.8) is 0 Å². The van der Waals surface area contributed by atoms with Gasteiger partial charge >= 0.3 is 5.97 Å². The molecule has 0 saturated carbocycles. The number of aliphatic hydroxyl groups excluding tert-OH is 2. The topological polar surface area (TPSA) is 113 Å². The minimum Gasteiger partial charge on any atom is -0.493 e. The predicted octanol–water partition coefficient (Wildman–Crippen LogP) is 4.48. The number of hydrogen-bond acceptors (Lipinski definition) is 9. The molecule has 10 heteroatoms. The lowest BCUT2D eigenvalue weighted by molar-refractivity contribution is -0.156. The molecule has 0 aromatic heterocycles. The van der Waals surface area contributed by atoms with Crippen LogP contribution < -0.4 is 23.7 Å². The molecule has 0 saturated heterocycles. The van der Waals surface area contributed by atoms with Gasteiger partial charge in [-0.1, -0.05) is 40.2 Å². The molecule has 3 aromatic carbocycles. The number of aliphatic hydroxyl groups is 2. The molecule has 0 fully saturated rings. The second-order valence-corrected chi connectivity index (χ2v) is 10.2. The third-order valence-corrected chi connectivity index (χ3v) is 8.19. The standard InChI is InChI=1S/C30H31BrO9/c1-35-24-8-18(9-25(36-2)29(24)37-3)26-19-10-22-23(40-15-39-22)11-20(19)28(33)21(13-32)27(26)30(34)38-14-17-6-4-16(12-31)5-7-17/h4-11,21,26-28,32-33H,12-15H2,1-3H3/t21-,26+,27+,28-/m0/s1. The molecule has 9 nitrogen and oxygen atoms in total. The first-order chi connectivity index (χ1) is 19.4. The Hall–Kier alpha value is -3.47. The molecule has 0 spiro atoms. The highest BCUT2D eigenvalue weighted by molar-refractivity contribution is 9.08. The molecular formula is C30H31BrO9. The van der Waals surface area contributed by atoms with Gasteiger partial charge < -0.3 is 38.6 Å². The highest BCUT2D eigenvalue weighted by Crippen LogP contribution is 2.54. The maximum atomic E-state index is 13.9. The normalized spacial score (nSPS) is 20.9. The van der Waals surface area contributed by atoms with Crippen LogP contribution in [0.3, 0.4) is 0 Å². The first kappa shape index (κ1) is 28.1. The van der Waals surface area contributed by atoms with E-state index in [1.54, 1.807) is 24.3 Å². The molecule has 4 atom stereocenters. The summed E-state index contributed by atoms with van der Waals surface area (Å²) in [6.45, 7) is -0.357. The number of carbonyl (C=O) groups is 1. The molecule has 1 aliphatic heterocycles. The van der Waals surface area contributed by atoms with Crippen molar-refractivity contribution in [1.82, 2.24) is 0 Å². The van der Waals surface area contributed by atoms with Gasteiger partial charge in [0.25, 0.3) is 0 Å². The van der Waals surface area contributed by atoms with Crippen LogP contribution in [0.4, 0.5) is 0 Å². The number of rotatable bonds is 9. The van der Waals surface area contributed by atoms with Gasteiger partial charge in [0, 0.05) is 23.8 Å². The van der Waals surface area contributed by atoms with Crippen LogP contribution in [0.5, 0.6) is 28.7 Å². The van der Waals surface area contributed by atoms with E-state index in [2.05, 4.69) is 15.9 Å². The lowest BCUT2D eigenvalue weighted by Gasteiger charge is -2.41. The number of esters is 1. The third-order valence-electron chi connectivity index (χ3n) is 7.55. The Kier molecular flexibility index (Phi) is 8.39. The fourth-order valence-corrected chi connectivity index (χ4v) is 5.91. The number of fused-ring (bicyclic) bond motifs is 2. The highest BCUT2D eigenvalue weighted by atomic mass is 79.9. The van der Waals surface area contributed by atoms with E-state index < -0.39 is 36.4 Å². The van der Waals surface area contributed by atoms with E-state index in [0.29, 0.717) is 45.4 Å².